The molecule has 64 valence electrons. The molecule has 2 atom stereocenters. The monoisotopic (exact) mass is 172 g/mol. The summed E-state index contributed by atoms with van der Waals surface area (Å²) in [6.07, 6.45) is 2.87. The highest BCUT2D eigenvalue weighted by atomic mass is 31.0. The van der Waals surface area contributed by atoms with E-state index in [1.165, 1.54) is 39.0 Å². The van der Waals surface area contributed by atoms with Gasteiger partial charge in [0, 0.05) is 13.1 Å². The topological polar surface area (TPSA) is 15.3 Å². The third-order valence-electron chi connectivity index (χ3n) is 2.81. The van der Waals surface area contributed by atoms with Crippen LogP contribution in [0.5, 0.6) is 0 Å². The summed E-state index contributed by atoms with van der Waals surface area (Å²) in [5, 5.41) is 3.42. The highest BCUT2D eigenvalue weighted by Gasteiger charge is 2.27. The van der Waals surface area contributed by atoms with Crippen LogP contribution in [0.1, 0.15) is 12.8 Å². The quantitative estimate of drug-likeness (QED) is 0.617. The van der Waals surface area contributed by atoms with Crippen molar-refractivity contribution < 1.29 is 0 Å². The van der Waals surface area contributed by atoms with Gasteiger partial charge in [0.1, 0.15) is 0 Å². The van der Waals surface area contributed by atoms with Crippen molar-refractivity contribution in [3.05, 3.63) is 0 Å². The van der Waals surface area contributed by atoms with Gasteiger partial charge in [-0.1, -0.05) is 9.39 Å². The number of hydrogen-bond acceptors (Lipinski definition) is 2. The van der Waals surface area contributed by atoms with Crippen LogP contribution in [0, 0.1) is 11.8 Å². The first-order valence-electron chi connectivity index (χ1n) is 4.55. The van der Waals surface area contributed by atoms with Crippen LogP contribution in [0.25, 0.3) is 0 Å². The van der Waals surface area contributed by atoms with E-state index in [4.69, 9.17) is 0 Å². The molecule has 2 heterocycles. The zero-order valence-electron chi connectivity index (χ0n) is 6.92. The van der Waals surface area contributed by atoms with Crippen molar-refractivity contribution in [1.82, 2.24) is 9.99 Å². The molecule has 0 aromatic rings. The Labute approximate surface area is 71.0 Å². The second-order valence-corrected chi connectivity index (χ2v) is 4.64. The predicted octanol–water partition coefficient (Wildman–Crippen LogP) is 0.708. The van der Waals surface area contributed by atoms with Gasteiger partial charge in [-0.2, -0.15) is 0 Å². The van der Waals surface area contributed by atoms with Crippen LogP contribution in [0.2, 0.25) is 0 Å². The van der Waals surface area contributed by atoms with Crippen LogP contribution >= 0.6 is 9.39 Å². The molecule has 0 aromatic heterocycles. The van der Waals surface area contributed by atoms with Crippen molar-refractivity contribution in [3.63, 3.8) is 0 Å². The van der Waals surface area contributed by atoms with Gasteiger partial charge >= 0.3 is 0 Å². The Morgan fingerprint density at radius 1 is 1.36 bits per heavy atom. The number of rotatable bonds is 2. The minimum absolute atomic E-state index is 0.985. The Morgan fingerprint density at radius 3 is 2.73 bits per heavy atom. The summed E-state index contributed by atoms with van der Waals surface area (Å²) in [5.41, 5.74) is 0. The Kier molecular flexibility index (Phi) is 2.45. The molecule has 2 aliphatic rings. The van der Waals surface area contributed by atoms with Gasteiger partial charge < -0.3 is 5.32 Å². The van der Waals surface area contributed by atoms with Gasteiger partial charge in [-0.15, -0.1) is 0 Å². The third kappa shape index (κ3) is 1.93. The number of hydrogen-bond donors (Lipinski definition) is 1. The Hall–Kier alpha value is 0.350. The van der Waals surface area contributed by atoms with Crippen molar-refractivity contribution in [2.24, 2.45) is 11.8 Å². The van der Waals surface area contributed by atoms with Gasteiger partial charge in [-0.25, -0.2) is 0 Å². The lowest BCUT2D eigenvalue weighted by atomic mass is 9.90. The minimum atomic E-state index is 0.985. The molecule has 2 fully saturated rings. The number of nitrogens with zero attached hydrogens (tertiary/aromatic N) is 1. The maximum Gasteiger partial charge on any atom is 0.00571 e. The van der Waals surface area contributed by atoms with E-state index in [0.29, 0.717) is 0 Å². The molecule has 11 heavy (non-hydrogen) atoms. The van der Waals surface area contributed by atoms with E-state index in [1.807, 2.05) is 0 Å². The standard InChI is InChI=1S/C8H17N2P/c11-10-5-8(6-10)3-7-1-2-9-4-7/h7-9H,1-6,11H2. The zero-order valence-corrected chi connectivity index (χ0v) is 8.08. The van der Waals surface area contributed by atoms with Gasteiger partial charge in [0.05, 0.1) is 0 Å². The summed E-state index contributed by atoms with van der Waals surface area (Å²) in [7, 11) is 2.77. The van der Waals surface area contributed by atoms with Crippen molar-refractivity contribution in [3.8, 4) is 0 Å². The van der Waals surface area contributed by atoms with Crippen LogP contribution in [0.4, 0.5) is 0 Å². The van der Waals surface area contributed by atoms with Crippen LogP contribution in [0.15, 0.2) is 0 Å². The highest BCUT2D eigenvalue weighted by molar-refractivity contribution is 7.13. The minimum Gasteiger partial charge on any atom is -0.316 e. The smallest absolute Gasteiger partial charge is 0.00571 e. The summed E-state index contributed by atoms with van der Waals surface area (Å²) in [5.74, 6) is 1.98. The maximum absolute atomic E-state index is 3.42. The Morgan fingerprint density at radius 2 is 2.18 bits per heavy atom. The molecular formula is C8H17N2P. The van der Waals surface area contributed by atoms with E-state index in [1.54, 1.807) is 0 Å². The van der Waals surface area contributed by atoms with E-state index in [0.717, 1.165) is 11.8 Å². The molecule has 0 radical (unpaired) electrons. The molecule has 0 spiro atoms. The van der Waals surface area contributed by atoms with Crippen molar-refractivity contribution in [2.75, 3.05) is 26.2 Å². The first-order valence-corrected chi connectivity index (χ1v) is 5.06. The fraction of sp³-hybridized carbons (Fsp3) is 1.00. The van der Waals surface area contributed by atoms with E-state index in [2.05, 4.69) is 19.4 Å². The van der Waals surface area contributed by atoms with Gasteiger partial charge in [0.15, 0.2) is 0 Å². The Balaban J connectivity index is 1.66. The second-order valence-electron chi connectivity index (χ2n) is 3.91. The molecule has 2 saturated heterocycles. The average Bonchev–Trinajstić information content (AvgIpc) is 2.36. The molecule has 2 nitrogen and oxygen atoms in total. The molecule has 1 N–H and O–H groups in total. The molecule has 0 amide bonds. The summed E-state index contributed by atoms with van der Waals surface area (Å²) in [4.78, 5) is 0. The van der Waals surface area contributed by atoms with E-state index >= 15 is 0 Å². The van der Waals surface area contributed by atoms with Crippen molar-refractivity contribution in [2.45, 2.75) is 12.8 Å². The van der Waals surface area contributed by atoms with Crippen molar-refractivity contribution in [1.29, 1.82) is 0 Å². The second kappa shape index (κ2) is 3.38. The van der Waals surface area contributed by atoms with E-state index in [9.17, 15) is 0 Å². The summed E-state index contributed by atoms with van der Waals surface area (Å²) in [6.45, 7) is 5.14. The molecule has 0 aromatic carbocycles. The lowest BCUT2D eigenvalue weighted by molar-refractivity contribution is 0.184. The van der Waals surface area contributed by atoms with Gasteiger partial charge in [0.25, 0.3) is 0 Å². The van der Waals surface area contributed by atoms with Gasteiger partial charge in [-0.05, 0) is 37.8 Å². The highest BCUT2D eigenvalue weighted by Crippen LogP contribution is 2.27. The maximum atomic E-state index is 3.42. The molecule has 0 aliphatic carbocycles. The zero-order chi connectivity index (χ0) is 7.68. The molecule has 0 bridgehead atoms. The van der Waals surface area contributed by atoms with E-state index < -0.39 is 0 Å². The summed E-state index contributed by atoms with van der Waals surface area (Å²) < 4.78 is 2.33. The largest absolute Gasteiger partial charge is 0.316 e. The van der Waals surface area contributed by atoms with Crippen LogP contribution in [0.3, 0.4) is 0 Å². The van der Waals surface area contributed by atoms with Gasteiger partial charge in [0.2, 0.25) is 0 Å². The molecule has 3 heteroatoms. The number of nitrogens with one attached hydrogen (secondary N) is 1. The van der Waals surface area contributed by atoms with Gasteiger partial charge in [-0.3, -0.25) is 4.67 Å². The van der Waals surface area contributed by atoms with Crippen LogP contribution in [-0.4, -0.2) is 30.8 Å². The average molecular weight is 172 g/mol. The molecule has 2 rings (SSSR count). The SMILES string of the molecule is PN1CC(CC2CCNC2)C1. The summed E-state index contributed by atoms with van der Waals surface area (Å²) in [6, 6.07) is 0. The first kappa shape index (κ1) is 7.97. The molecule has 2 unspecified atom stereocenters. The van der Waals surface area contributed by atoms with Crippen LogP contribution in [-0.2, 0) is 0 Å². The van der Waals surface area contributed by atoms with E-state index in [-0.39, 0.29) is 0 Å². The van der Waals surface area contributed by atoms with Crippen LogP contribution < -0.4 is 5.32 Å². The molecule has 0 saturated carbocycles. The van der Waals surface area contributed by atoms with Crippen molar-refractivity contribution >= 4 is 9.39 Å². The fourth-order valence-electron chi connectivity index (χ4n) is 2.15. The lowest BCUT2D eigenvalue weighted by Gasteiger charge is -2.37. The molecule has 2 aliphatic heterocycles. The Bertz CT molecular complexity index is 128. The summed E-state index contributed by atoms with van der Waals surface area (Å²) >= 11 is 0. The molecular weight excluding hydrogens is 155 g/mol. The first-order chi connectivity index (χ1) is 5.34. The lowest BCUT2D eigenvalue weighted by Crippen LogP contribution is -2.40. The fourth-order valence-corrected chi connectivity index (χ4v) is 2.74. The third-order valence-corrected chi connectivity index (χ3v) is 3.24. The normalized spacial score (nSPS) is 34.1. The predicted molar refractivity (Wildman–Crippen MR) is 50.4 cm³/mol.